The van der Waals surface area contributed by atoms with Crippen LogP contribution in [0.25, 0.3) is 0 Å². The molecule has 0 N–H and O–H groups in total. The molecule has 1 aromatic carbocycles. The summed E-state index contributed by atoms with van der Waals surface area (Å²) in [7, 11) is 5.83. The molecule has 0 spiro atoms. The Morgan fingerprint density at radius 3 is 2.47 bits per heavy atom. The minimum atomic E-state index is 0.00526. The number of rotatable bonds is 8. The summed E-state index contributed by atoms with van der Waals surface area (Å²) in [5.74, 6) is 1.02. The lowest BCUT2D eigenvalue weighted by atomic mass is 9.99. The topological polar surface area (TPSA) is 56.3 Å². The van der Waals surface area contributed by atoms with Crippen molar-refractivity contribution >= 4 is 11.8 Å². The Hall–Kier alpha value is -2.12. The summed E-state index contributed by atoms with van der Waals surface area (Å²) in [5.41, 5.74) is 0.647. The van der Waals surface area contributed by atoms with Gasteiger partial charge in [-0.2, -0.15) is 0 Å². The summed E-state index contributed by atoms with van der Waals surface area (Å²) in [4.78, 5) is 33.9. The fourth-order valence-corrected chi connectivity index (χ4v) is 4.62. The molecule has 0 aromatic heterocycles. The molecule has 2 aliphatic heterocycles. The molecule has 2 fully saturated rings. The zero-order valence-electron chi connectivity index (χ0n) is 20.3. The molecule has 1 atom stereocenters. The van der Waals surface area contributed by atoms with Crippen molar-refractivity contribution in [3.8, 4) is 5.75 Å². The van der Waals surface area contributed by atoms with Crippen LogP contribution < -0.4 is 4.74 Å². The molecule has 0 saturated carbocycles. The third-order valence-electron chi connectivity index (χ3n) is 6.67. The zero-order chi connectivity index (χ0) is 23.1. The van der Waals surface area contributed by atoms with E-state index in [1.54, 1.807) is 4.90 Å². The maximum Gasteiger partial charge on any atom is 0.253 e. The molecule has 0 bridgehead atoms. The highest BCUT2D eigenvalue weighted by atomic mass is 16.5. The molecule has 7 nitrogen and oxygen atoms in total. The first-order valence-electron chi connectivity index (χ1n) is 12.1. The van der Waals surface area contributed by atoms with Crippen molar-refractivity contribution in [1.82, 2.24) is 19.6 Å². The maximum atomic E-state index is 13.1. The van der Waals surface area contributed by atoms with Crippen LogP contribution in [0.5, 0.6) is 5.75 Å². The summed E-state index contributed by atoms with van der Waals surface area (Å²) < 4.78 is 6.21. The molecule has 1 aromatic rings. The van der Waals surface area contributed by atoms with E-state index in [0.29, 0.717) is 18.0 Å². The van der Waals surface area contributed by atoms with Gasteiger partial charge in [-0.25, -0.2) is 0 Å². The first-order valence-corrected chi connectivity index (χ1v) is 12.1. The van der Waals surface area contributed by atoms with E-state index in [1.165, 1.54) is 6.42 Å². The zero-order valence-corrected chi connectivity index (χ0v) is 20.3. The van der Waals surface area contributed by atoms with Gasteiger partial charge in [-0.05, 0) is 58.2 Å². The van der Waals surface area contributed by atoms with E-state index in [0.717, 1.165) is 64.2 Å². The molecule has 7 heteroatoms. The summed E-state index contributed by atoms with van der Waals surface area (Å²) in [6.07, 6.45) is 5.04. The number of likely N-dealkylation sites (tertiary alicyclic amines) is 2. The summed E-state index contributed by atoms with van der Waals surface area (Å²) in [6.45, 7) is 7.10. The van der Waals surface area contributed by atoms with Crippen molar-refractivity contribution in [2.75, 3.05) is 60.4 Å². The number of hydrogen-bond acceptors (Lipinski definition) is 5. The Morgan fingerprint density at radius 2 is 1.78 bits per heavy atom. The summed E-state index contributed by atoms with van der Waals surface area (Å²) in [5, 5.41) is 0. The molecule has 2 saturated heterocycles. The van der Waals surface area contributed by atoms with E-state index >= 15 is 0 Å². The third-order valence-corrected chi connectivity index (χ3v) is 6.67. The Bertz CT molecular complexity index is 761. The molecule has 0 radical (unpaired) electrons. The predicted molar refractivity (Wildman–Crippen MR) is 127 cm³/mol. The number of nitrogens with zero attached hydrogens (tertiary/aromatic N) is 4. The number of carbonyl (C=O) groups is 2. The molecule has 0 unspecified atom stereocenters. The van der Waals surface area contributed by atoms with E-state index in [1.807, 2.05) is 50.3 Å². The average molecular weight is 445 g/mol. The fraction of sp³-hybridized carbons (Fsp3) is 0.680. The maximum absolute atomic E-state index is 13.1. The van der Waals surface area contributed by atoms with Gasteiger partial charge >= 0.3 is 0 Å². The minimum absolute atomic E-state index is 0.00526. The molecule has 2 amide bonds. The van der Waals surface area contributed by atoms with Crippen LogP contribution in [0.2, 0.25) is 0 Å². The van der Waals surface area contributed by atoms with Crippen molar-refractivity contribution in [2.45, 2.75) is 51.2 Å². The molecule has 2 aliphatic rings. The Morgan fingerprint density at radius 1 is 1.03 bits per heavy atom. The SMILES string of the molecule is CCN1CCCC[C@H]1C(=O)N1CCC(Oc2cccc(C(=O)N(C)CCN(C)C)c2)CC1. The lowest BCUT2D eigenvalue weighted by Crippen LogP contribution is -2.53. The molecule has 32 heavy (non-hydrogen) atoms. The van der Waals surface area contributed by atoms with Crippen LogP contribution in [0.1, 0.15) is 49.4 Å². The van der Waals surface area contributed by atoms with E-state index in [2.05, 4.69) is 16.7 Å². The first-order chi connectivity index (χ1) is 15.4. The lowest BCUT2D eigenvalue weighted by Gasteiger charge is -2.39. The summed E-state index contributed by atoms with van der Waals surface area (Å²) in [6, 6.07) is 7.52. The number of benzene rings is 1. The number of carbonyl (C=O) groups excluding carboxylic acids is 2. The van der Waals surface area contributed by atoms with Crippen LogP contribution >= 0.6 is 0 Å². The van der Waals surface area contributed by atoms with E-state index in [4.69, 9.17) is 4.74 Å². The van der Waals surface area contributed by atoms with E-state index in [9.17, 15) is 9.59 Å². The standard InChI is InChI=1S/C25H40N4O3/c1-5-28-14-7-6-11-23(28)25(31)29-15-12-21(13-16-29)32-22-10-8-9-20(19-22)24(30)27(4)18-17-26(2)3/h8-10,19,21,23H,5-7,11-18H2,1-4H3/t23-/m0/s1. The second kappa shape index (κ2) is 11.7. The highest BCUT2D eigenvalue weighted by molar-refractivity contribution is 5.94. The van der Waals surface area contributed by atoms with Crippen molar-refractivity contribution in [3.05, 3.63) is 29.8 Å². The van der Waals surface area contributed by atoms with Gasteiger partial charge in [-0.1, -0.05) is 19.4 Å². The van der Waals surface area contributed by atoms with Gasteiger partial charge in [-0.15, -0.1) is 0 Å². The van der Waals surface area contributed by atoms with E-state index in [-0.39, 0.29) is 18.1 Å². The van der Waals surface area contributed by atoms with Crippen LogP contribution in [0.3, 0.4) is 0 Å². The lowest BCUT2D eigenvalue weighted by molar-refractivity contribution is -0.140. The van der Waals surface area contributed by atoms with Gasteiger partial charge < -0.3 is 19.4 Å². The largest absolute Gasteiger partial charge is 0.490 e. The number of likely N-dealkylation sites (N-methyl/N-ethyl adjacent to an activating group) is 3. The third kappa shape index (κ3) is 6.45. The molecule has 3 rings (SSSR count). The van der Waals surface area contributed by atoms with Crippen LogP contribution in [-0.4, -0.2) is 104 Å². The molecule has 2 heterocycles. The normalized spacial score (nSPS) is 20.4. The molecule has 178 valence electrons. The van der Waals surface area contributed by atoms with Crippen LogP contribution in [0, 0.1) is 0 Å². The first kappa shape index (κ1) is 24.5. The van der Waals surface area contributed by atoms with Gasteiger partial charge in [0.25, 0.3) is 5.91 Å². The fourth-order valence-electron chi connectivity index (χ4n) is 4.62. The van der Waals surface area contributed by atoms with Gasteiger partial charge in [0.2, 0.25) is 5.91 Å². The van der Waals surface area contributed by atoms with Crippen LogP contribution in [0.15, 0.2) is 24.3 Å². The monoisotopic (exact) mass is 444 g/mol. The van der Waals surface area contributed by atoms with Crippen molar-refractivity contribution in [1.29, 1.82) is 0 Å². The minimum Gasteiger partial charge on any atom is -0.490 e. The number of amides is 2. The van der Waals surface area contributed by atoms with Crippen molar-refractivity contribution in [3.63, 3.8) is 0 Å². The molecular weight excluding hydrogens is 404 g/mol. The Kier molecular flexibility index (Phi) is 8.93. The van der Waals surface area contributed by atoms with Crippen LogP contribution in [-0.2, 0) is 4.79 Å². The van der Waals surface area contributed by atoms with Gasteiger partial charge in [0.05, 0.1) is 6.04 Å². The second-order valence-corrected chi connectivity index (χ2v) is 9.34. The predicted octanol–water partition coefficient (Wildman–Crippen LogP) is 2.56. The van der Waals surface area contributed by atoms with E-state index < -0.39 is 0 Å². The van der Waals surface area contributed by atoms with Crippen molar-refractivity contribution < 1.29 is 14.3 Å². The van der Waals surface area contributed by atoms with Gasteiger partial charge in [0, 0.05) is 51.6 Å². The average Bonchev–Trinajstić information content (AvgIpc) is 2.82. The highest BCUT2D eigenvalue weighted by Crippen LogP contribution is 2.24. The summed E-state index contributed by atoms with van der Waals surface area (Å²) >= 11 is 0. The van der Waals surface area contributed by atoms with Gasteiger partial charge in [0.1, 0.15) is 11.9 Å². The number of hydrogen-bond donors (Lipinski definition) is 0. The smallest absolute Gasteiger partial charge is 0.253 e. The number of piperidine rings is 2. The quantitative estimate of drug-likeness (QED) is 0.617. The highest BCUT2D eigenvalue weighted by Gasteiger charge is 2.33. The van der Waals surface area contributed by atoms with Crippen molar-refractivity contribution in [2.24, 2.45) is 0 Å². The Labute approximate surface area is 193 Å². The van der Waals surface area contributed by atoms with Gasteiger partial charge in [-0.3, -0.25) is 14.5 Å². The molecule has 0 aliphatic carbocycles. The molecular formula is C25H40N4O3. The number of ether oxygens (including phenoxy) is 1. The van der Waals surface area contributed by atoms with Gasteiger partial charge in [0.15, 0.2) is 0 Å². The second-order valence-electron chi connectivity index (χ2n) is 9.34. The van der Waals surface area contributed by atoms with Crippen LogP contribution in [0.4, 0.5) is 0 Å². The Balaban J connectivity index is 1.51.